The zero-order chi connectivity index (χ0) is 37.0. The third kappa shape index (κ3) is 46.5. The normalized spacial score (nSPS) is 11.4. The van der Waals surface area contributed by atoms with E-state index in [-0.39, 0.29) is 25.8 Å². The van der Waals surface area contributed by atoms with E-state index in [0.717, 1.165) is 12.8 Å². The summed E-state index contributed by atoms with van der Waals surface area (Å²) in [5.74, 6) is -1.14. The van der Waals surface area contributed by atoms with E-state index >= 15 is 0 Å². The number of carbonyl (C=O) groups is 2. The molecule has 51 heavy (non-hydrogen) atoms. The van der Waals surface area contributed by atoms with Crippen molar-refractivity contribution in [2.75, 3.05) is 152 Å². The van der Waals surface area contributed by atoms with Crippen LogP contribution in [0.15, 0.2) is 0 Å². The summed E-state index contributed by atoms with van der Waals surface area (Å²) in [4.78, 5) is 22.1. The molecule has 0 spiro atoms. The number of ether oxygens (including phenoxy) is 12. The van der Waals surface area contributed by atoms with Crippen LogP contribution in [0.2, 0.25) is 0 Å². The molecule has 15 heteroatoms. The lowest BCUT2D eigenvalue weighted by molar-refractivity contribution is -0.145. The second-order valence-corrected chi connectivity index (χ2v) is 11.4. The van der Waals surface area contributed by atoms with Crippen LogP contribution >= 0.6 is 0 Å². The molecule has 0 saturated heterocycles. The summed E-state index contributed by atoms with van der Waals surface area (Å²) in [6, 6.07) is 0. The van der Waals surface area contributed by atoms with Crippen molar-refractivity contribution in [3.63, 3.8) is 0 Å². The topological polar surface area (TPSA) is 165 Å². The van der Waals surface area contributed by atoms with Crippen molar-refractivity contribution in [3.05, 3.63) is 0 Å². The molecule has 304 valence electrons. The number of unbranched alkanes of at least 4 members (excludes halogenated alkanes) is 8. The third-order valence-electron chi connectivity index (χ3n) is 6.92. The molecule has 0 aliphatic rings. The standard InChI is InChI=1S/C36H70O15/c1-2-3-4-5-6-7-8-9-10-11-36(39)51-33-32-49-29-28-47-25-24-45-21-20-43-17-16-41-13-12-40-14-15-42-18-19-44-22-23-46-26-27-48-30-31-50-34-35(37)38/h2-34H2,1H3,(H,37,38). The fourth-order valence-corrected chi connectivity index (χ4v) is 4.23. The van der Waals surface area contributed by atoms with Gasteiger partial charge in [-0.3, -0.25) is 4.79 Å². The van der Waals surface area contributed by atoms with Crippen molar-refractivity contribution in [2.45, 2.75) is 71.1 Å². The van der Waals surface area contributed by atoms with Crippen LogP contribution in [0.1, 0.15) is 71.1 Å². The molecule has 0 atom stereocenters. The molecular formula is C36H70O15. The second-order valence-electron chi connectivity index (χ2n) is 11.4. The van der Waals surface area contributed by atoms with Crippen LogP contribution in [0.3, 0.4) is 0 Å². The highest BCUT2D eigenvalue weighted by atomic mass is 16.6. The van der Waals surface area contributed by atoms with Crippen LogP contribution in [-0.4, -0.2) is 169 Å². The molecule has 0 aromatic rings. The maximum absolute atomic E-state index is 11.8. The lowest BCUT2D eigenvalue weighted by atomic mass is 10.1. The minimum Gasteiger partial charge on any atom is -0.480 e. The van der Waals surface area contributed by atoms with Gasteiger partial charge < -0.3 is 61.9 Å². The Balaban J connectivity index is 3.11. The zero-order valence-corrected chi connectivity index (χ0v) is 31.5. The van der Waals surface area contributed by atoms with Crippen molar-refractivity contribution < 1.29 is 71.5 Å². The average molecular weight is 743 g/mol. The average Bonchev–Trinajstić information content (AvgIpc) is 3.12. The van der Waals surface area contributed by atoms with Gasteiger partial charge in [0.25, 0.3) is 0 Å². The van der Waals surface area contributed by atoms with Crippen molar-refractivity contribution in [3.8, 4) is 0 Å². The number of carboxylic acid groups (broad SMARTS) is 1. The fraction of sp³-hybridized carbons (Fsp3) is 0.944. The van der Waals surface area contributed by atoms with Gasteiger partial charge in [0.05, 0.1) is 139 Å². The summed E-state index contributed by atoms with van der Waals surface area (Å²) in [5.41, 5.74) is 0. The molecule has 0 aliphatic heterocycles. The Morgan fingerprint density at radius 1 is 0.353 bits per heavy atom. The van der Waals surface area contributed by atoms with Crippen molar-refractivity contribution >= 4 is 11.9 Å². The number of hydrogen-bond donors (Lipinski definition) is 1. The molecule has 0 heterocycles. The Bertz CT molecular complexity index is 702. The third-order valence-corrected chi connectivity index (χ3v) is 6.92. The number of aliphatic carboxylic acids is 1. The van der Waals surface area contributed by atoms with Crippen LogP contribution in [0.4, 0.5) is 0 Å². The van der Waals surface area contributed by atoms with E-state index in [2.05, 4.69) is 6.92 Å². The first kappa shape index (κ1) is 49.5. The van der Waals surface area contributed by atoms with Gasteiger partial charge in [0.2, 0.25) is 0 Å². The summed E-state index contributed by atoms with van der Waals surface area (Å²) in [6.07, 6.45) is 11.5. The van der Waals surface area contributed by atoms with Gasteiger partial charge >= 0.3 is 11.9 Å². The second kappa shape index (κ2) is 44.7. The van der Waals surface area contributed by atoms with Crippen LogP contribution in [0.5, 0.6) is 0 Å². The van der Waals surface area contributed by atoms with E-state index < -0.39 is 5.97 Å². The molecular weight excluding hydrogens is 672 g/mol. The number of esters is 1. The quantitative estimate of drug-likeness (QED) is 0.0709. The molecule has 0 aliphatic carbocycles. The van der Waals surface area contributed by atoms with Crippen molar-refractivity contribution in [1.82, 2.24) is 0 Å². The monoisotopic (exact) mass is 742 g/mol. The van der Waals surface area contributed by atoms with Gasteiger partial charge in [0, 0.05) is 6.42 Å². The molecule has 0 aromatic heterocycles. The molecule has 15 nitrogen and oxygen atoms in total. The number of carboxylic acids is 1. The van der Waals surface area contributed by atoms with Gasteiger partial charge in [-0.1, -0.05) is 58.3 Å². The Morgan fingerprint density at radius 2 is 0.608 bits per heavy atom. The van der Waals surface area contributed by atoms with Crippen LogP contribution in [-0.2, 0) is 66.4 Å². The molecule has 1 N–H and O–H groups in total. The molecule has 0 saturated carbocycles. The van der Waals surface area contributed by atoms with Gasteiger partial charge in [-0.25, -0.2) is 4.79 Å². The SMILES string of the molecule is CCCCCCCCCCCC(=O)OCCOCCOCCOCCOCCOCCOCCOCCOCCOCCOCCOCC(=O)O. The van der Waals surface area contributed by atoms with E-state index in [0.29, 0.717) is 139 Å². The number of carbonyl (C=O) groups excluding carboxylic acids is 1. The van der Waals surface area contributed by atoms with E-state index in [9.17, 15) is 9.59 Å². The molecule has 0 fully saturated rings. The maximum atomic E-state index is 11.8. The molecule has 0 amide bonds. The highest BCUT2D eigenvalue weighted by Crippen LogP contribution is 2.10. The van der Waals surface area contributed by atoms with Gasteiger partial charge in [0.15, 0.2) is 0 Å². The first-order valence-electron chi connectivity index (χ1n) is 18.9. The van der Waals surface area contributed by atoms with E-state index in [4.69, 9.17) is 61.9 Å². The number of hydrogen-bond acceptors (Lipinski definition) is 14. The summed E-state index contributed by atoms with van der Waals surface area (Å²) in [5, 5.41) is 8.43. The number of rotatable bonds is 45. The highest BCUT2D eigenvalue weighted by molar-refractivity contribution is 5.69. The largest absolute Gasteiger partial charge is 0.480 e. The minimum absolute atomic E-state index is 0.142. The van der Waals surface area contributed by atoms with Crippen molar-refractivity contribution in [1.29, 1.82) is 0 Å². The van der Waals surface area contributed by atoms with Gasteiger partial charge in [-0.05, 0) is 6.42 Å². The molecule has 0 aromatic carbocycles. The van der Waals surface area contributed by atoms with E-state index in [1.807, 2.05) is 0 Å². The predicted octanol–water partition coefficient (Wildman–Crippen LogP) is 3.72. The lowest BCUT2D eigenvalue weighted by Gasteiger charge is -2.09. The molecule has 0 radical (unpaired) electrons. The van der Waals surface area contributed by atoms with Gasteiger partial charge in [-0.2, -0.15) is 0 Å². The smallest absolute Gasteiger partial charge is 0.329 e. The maximum Gasteiger partial charge on any atom is 0.329 e. The summed E-state index contributed by atoms with van der Waals surface area (Å²) in [6.45, 7) is 11.6. The van der Waals surface area contributed by atoms with Crippen LogP contribution in [0.25, 0.3) is 0 Å². The Labute approximate surface area is 306 Å². The zero-order valence-electron chi connectivity index (χ0n) is 31.5. The summed E-state index contributed by atoms with van der Waals surface area (Å²) in [7, 11) is 0. The Morgan fingerprint density at radius 3 is 0.902 bits per heavy atom. The molecule has 0 unspecified atom stereocenters. The van der Waals surface area contributed by atoms with Gasteiger partial charge in [-0.15, -0.1) is 0 Å². The first-order chi connectivity index (χ1) is 25.2. The Hall–Kier alpha value is -1.50. The highest BCUT2D eigenvalue weighted by Gasteiger charge is 2.03. The van der Waals surface area contributed by atoms with Gasteiger partial charge in [0.1, 0.15) is 13.2 Å². The lowest BCUT2D eigenvalue weighted by Crippen LogP contribution is -2.16. The van der Waals surface area contributed by atoms with Crippen molar-refractivity contribution in [2.24, 2.45) is 0 Å². The molecule has 0 rings (SSSR count). The van der Waals surface area contributed by atoms with E-state index in [1.54, 1.807) is 0 Å². The molecule has 0 bridgehead atoms. The Kier molecular flexibility index (Phi) is 43.3. The minimum atomic E-state index is -0.998. The first-order valence-corrected chi connectivity index (χ1v) is 18.9. The van der Waals surface area contributed by atoms with Crippen LogP contribution < -0.4 is 0 Å². The van der Waals surface area contributed by atoms with E-state index in [1.165, 1.54) is 44.9 Å². The summed E-state index contributed by atoms with van der Waals surface area (Å²) < 4.78 is 64.4. The predicted molar refractivity (Wildman–Crippen MR) is 189 cm³/mol. The fourth-order valence-electron chi connectivity index (χ4n) is 4.23. The summed E-state index contributed by atoms with van der Waals surface area (Å²) >= 11 is 0. The van der Waals surface area contributed by atoms with Crippen LogP contribution in [0, 0.1) is 0 Å².